The summed E-state index contributed by atoms with van der Waals surface area (Å²) < 4.78 is 11.5. The Morgan fingerprint density at radius 3 is 2.52 bits per heavy atom. The first kappa shape index (κ1) is 19.3. The molecule has 0 atom stereocenters. The quantitative estimate of drug-likeness (QED) is 0.431. The Morgan fingerprint density at radius 1 is 1.10 bits per heavy atom. The number of hydrogen-bond donors (Lipinski definition) is 1. The first-order valence-electron chi connectivity index (χ1n) is 8.56. The summed E-state index contributed by atoms with van der Waals surface area (Å²) in [6, 6.07) is 14.5. The van der Waals surface area contributed by atoms with E-state index < -0.39 is 0 Å². The molecule has 2 aromatic heterocycles. The van der Waals surface area contributed by atoms with E-state index in [-0.39, 0.29) is 5.91 Å². The molecule has 0 bridgehead atoms. The maximum atomic E-state index is 12.4. The van der Waals surface area contributed by atoms with Gasteiger partial charge in [0.2, 0.25) is 5.82 Å². The molecule has 0 spiro atoms. The van der Waals surface area contributed by atoms with Crippen molar-refractivity contribution in [2.45, 2.75) is 6.92 Å². The summed E-state index contributed by atoms with van der Waals surface area (Å²) in [7, 11) is 1.61. The van der Waals surface area contributed by atoms with E-state index in [9.17, 15) is 4.79 Å². The third kappa shape index (κ3) is 4.20. The lowest BCUT2D eigenvalue weighted by Gasteiger charge is -2.01. The van der Waals surface area contributed by atoms with Crippen LogP contribution >= 0.6 is 27.3 Å². The zero-order chi connectivity index (χ0) is 20.4. The highest BCUT2D eigenvalue weighted by atomic mass is 79.9. The molecule has 4 aromatic rings. The fourth-order valence-electron chi connectivity index (χ4n) is 2.59. The van der Waals surface area contributed by atoms with Crippen LogP contribution in [-0.4, -0.2) is 28.1 Å². The van der Waals surface area contributed by atoms with E-state index in [1.54, 1.807) is 19.2 Å². The first-order valence-corrected chi connectivity index (χ1v) is 10.2. The van der Waals surface area contributed by atoms with E-state index in [2.05, 4.69) is 36.4 Å². The Morgan fingerprint density at radius 2 is 1.83 bits per heavy atom. The molecule has 4 rings (SSSR count). The number of nitrogens with zero attached hydrogens (tertiary/aromatic N) is 3. The highest BCUT2D eigenvalue weighted by molar-refractivity contribution is 9.10. The molecule has 1 amide bonds. The van der Waals surface area contributed by atoms with Crippen molar-refractivity contribution in [1.29, 1.82) is 0 Å². The van der Waals surface area contributed by atoms with Crippen molar-refractivity contribution in [2.75, 3.05) is 12.4 Å². The molecule has 29 heavy (non-hydrogen) atoms. The standard InChI is InChI=1S/C20H15BrN4O3S/c1-11-16(19-23-17(25-28-19)12-5-9-15(27-2)10-6-12)29-20(22-11)24-18(26)13-3-7-14(21)8-4-13/h3-10H,1-2H3,(H,22,24,26). The van der Waals surface area contributed by atoms with Gasteiger partial charge in [-0.3, -0.25) is 10.1 Å². The van der Waals surface area contributed by atoms with Gasteiger partial charge in [0.05, 0.1) is 12.8 Å². The van der Waals surface area contributed by atoms with Crippen molar-refractivity contribution in [3.63, 3.8) is 0 Å². The van der Waals surface area contributed by atoms with E-state index in [0.717, 1.165) is 15.8 Å². The summed E-state index contributed by atoms with van der Waals surface area (Å²) in [5.41, 5.74) is 2.06. The van der Waals surface area contributed by atoms with Gasteiger partial charge >= 0.3 is 0 Å². The molecular weight excluding hydrogens is 456 g/mol. The highest BCUT2D eigenvalue weighted by Gasteiger charge is 2.18. The molecule has 0 aliphatic heterocycles. The largest absolute Gasteiger partial charge is 0.497 e. The third-order valence-corrected chi connectivity index (χ3v) is 5.68. The number of benzene rings is 2. The second kappa shape index (κ2) is 8.14. The SMILES string of the molecule is COc1ccc(-c2noc(-c3sc(NC(=O)c4ccc(Br)cc4)nc3C)n2)cc1. The zero-order valence-electron chi connectivity index (χ0n) is 15.5. The van der Waals surface area contributed by atoms with Crippen molar-refractivity contribution >= 4 is 38.3 Å². The summed E-state index contributed by atoms with van der Waals surface area (Å²) in [4.78, 5) is 22.0. The minimum absolute atomic E-state index is 0.234. The van der Waals surface area contributed by atoms with Crippen LogP contribution in [-0.2, 0) is 0 Å². The lowest BCUT2D eigenvalue weighted by Crippen LogP contribution is -2.11. The van der Waals surface area contributed by atoms with Crippen LogP contribution in [0.2, 0.25) is 0 Å². The molecule has 1 N–H and O–H groups in total. The Balaban J connectivity index is 1.54. The second-order valence-electron chi connectivity index (χ2n) is 6.05. The van der Waals surface area contributed by atoms with Gasteiger partial charge in [-0.25, -0.2) is 4.98 Å². The molecule has 7 nitrogen and oxygen atoms in total. The number of rotatable bonds is 5. The van der Waals surface area contributed by atoms with Crippen molar-refractivity contribution < 1.29 is 14.1 Å². The normalized spacial score (nSPS) is 10.7. The lowest BCUT2D eigenvalue weighted by molar-refractivity contribution is 0.102. The van der Waals surface area contributed by atoms with E-state index >= 15 is 0 Å². The van der Waals surface area contributed by atoms with Crippen molar-refractivity contribution in [2.24, 2.45) is 0 Å². The number of aryl methyl sites for hydroxylation is 1. The van der Waals surface area contributed by atoms with Crippen LogP contribution in [0.1, 0.15) is 16.1 Å². The summed E-state index contributed by atoms with van der Waals surface area (Å²) in [6.45, 7) is 1.83. The van der Waals surface area contributed by atoms with Crippen molar-refractivity contribution in [1.82, 2.24) is 15.1 Å². The second-order valence-corrected chi connectivity index (χ2v) is 7.96. The van der Waals surface area contributed by atoms with E-state index in [0.29, 0.717) is 33.0 Å². The van der Waals surface area contributed by atoms with Crippen LogP contribution < -0.4 is 10.1 Å². The number of ether oxygens (including phenoxy) is 1. The first-order chi connectivity index (χ1) is 14.0. The predicted octanol–water partition coefficient (Wildman–Crippen LogP) is 5.19. The fourth-order valence-corrected chi connectivity index (χ4v) is 3.74. The summed E-state index contributed by atoms with van der Waals surface area (Å²) >= 11 is 4.64. The van der Waals surface area contributed by atoms with E-state index in [1.165, 1.54) is 11.3 Å². The van der Waals surface area contributed by atoms with E-state index in [1.807, 2.05) is 43.3 Å². The number of halogens is 1. The van der Waals surface area contributed by atoms with Crippen LogP contribution in [0, 0.1) is 6.92 Å². The number of thiazole rings is 1. The number of carbonyl (C=O) groups is 1. The average Bonchev–Trinajstić information content (AvgIpc) is 3.35. The number of hydrogen-bond acceptors (Lipinski definition) is 7. The monoisotopic (exact) mass is 470 g/mol. The van der Waals surface area contributed by atoms with Gasteiger partial charge in [-0.2, -0.15) is 4.98 Å². The van der Waals surface area contributed by atoms with Crippen LogP contribution in [0.25, 0.3) is 22.2 Å². The van der Waals surface area contributed by atoms with Gasteiger partial charge in [0.1, 0.15) is 10.6 Å². The number of nitrogens with one attached hydrogen (secondary N) is 1. The Bertz CT molecular complexity index is 1150. The molecule has 0 aliphatic carbocycles. The zero-order valence-corrected chi connectivity index (χ0v) is 17.9. The summed E-state index contributed by atoms with van der Waals surface area (Å²) in [5, 5.41) is 7.32. The molecule has 0 unspecified atom stereocenters. The molecule has 0 aliphatic rings. The van der Waals surface area contributed by atoms with E-state index in [4.69, 9.17) is 9.26 Å². The van der Waals surface area contributed by atoms with Crippen molar-refractivity contribution in [3.05, 3.63) is 64.3 Å². The molecule has 2 heterocycles. The highest BCUT2D eigenvalue weighted by Crippen LogP contribution is 2.33. The lowest BCUT2D eigenvalue weighted by atomic mass is 10.2. The predicted molar refractivity (Wildman–Crippen MR) is 114 cm³/mol. The van der Waals surface area contributed by atoms with Crippen molar-refractivity contribution in [3.8, 4) is 27.9 Å². The topological polar surface area (TPSA) is 90.1 Å². The maximum absolute atomic E-state index is 12.4. The van der Waals surface area contributed by atoms with Gasteiger partial charge in [-0.05, 0) is 55.5 Å². The Kier molecular flexibility index (Phi) is 5.41. The number of carbonyl (C=O) groups excluding carboxylic acids is 1. The number of anilines is 1. The molecule has 0 saturated heterocycles. The summed E-state index contributed by atoms with van der Waals surface area (Å²) in [5.74, 6) is 1.34. The molecule has 0 radical (unpaired) electrons. The molecule has 2 aromatic carbocycles. The minimum atomic E-state index is -0.234. The average molecular weight is 471 g/mol. The van der Waals surface area contributed by atoms with Gasteiger partial charge in [0, 0.05) is 15.6 Å². The van der Waals surface area contributed by atoms with Gasteiger partial charge in [-0.15, -0.1) is 0 Å². The fraction of sp³-hybridized carbons (Fsp3) is 0.100. The number of methoxy groups -OCH3 is 1. The smallest absolute Gasteiger partial charge is 0.270 e. The van der Waals surface area contributed by atoms with Gasteiger partial charge in [0.15, 0.2) is 5.13 Å². The molecule has 0 fully saturated rings. The van der Waals surface area contributed by atoms with Crippen LogP contribution in [0.15, 0.2) is 57.5 Å². The van der Waals surface area contributed by atoms with Gasteiger partial charge in [-0.1, -0.05) is 32.4 Å². The van der Waals surface area contributed by atoms with Crippen LogP contribution in [0.3, 0.4) is 0 Å². The van der Waals surface area contributed by atoms with Crippen LogP contribution in [0.4, 0.5) is 5.13 Å². The Hall–Kier alpha value is -3.04. The molecule has 146 valence electrons. The molecule has 0 saturated carbocycles. The van der Waals surface area contributed by atoms with Gasteiger partial charge < -0.3 is 9.26 Å². The number of aromatic nitrogens is 3. The molecule has 9 heteroatoms. The molecular formula is C20H15BrN4O3S. The maximum Gasteiger partial charge on any atom is 0.270 e. The third-order valence-electron chi connectivity index (χ3n) is 4.09. The Labute approximate surface area is 178 Å². The van der Waals surface area contributed by atoms with Crippen LogP contribution in [0.5, 0.6) is 5.75 Å². The minimum Gasteiger partial charge on any atom is -0.497 e. The number of amides is 1. The summed E-state index contributed by atoms with van der Waals surface area (Å²) in [6.07, 6.45) is 0. The van der Waals surface area contributed by atoms with Gasteiger partial charge in [0.25, 0.3) is 11.8 Å².